The minimum atomic E-state index is -0.426. The molecule has 0 atom stereocenters. The lowest BCUT2D eigenvalue weighted by molar-refractivity contribution is 0.102. The molecular formula is C20H20FN3O. The van der Waals surface area contributed by atoms with Crippen LogP contribution in [-0.2, 0) is 13.5 Å². The quantitative estimate of drug-likeness (QED) is 0.782. The van der Waals surface area contributed by atoms with Gasteiger partial charge in [-0.3, -0.25) is 9.48 Å². The maximum Gasteiger partial charge on any atom is 0.255 e. The molecule has 1 N–H and O–H groups in total. The maximum atomic E-state index is 13.2. The zero-order valence-corrected chi connectivity index (χ0v) is 14.5. The van der Waals surface area contributed by atoms with Gasteiger partial charge in [0.1, 0.15) is 5.82 Å². The Morgan fingerprint density at radius 2 is 1.88 bits per heavy atom. The Morgan fingerprint density at radius 1 is 1.16 bits per heavy atom. The zero-order chi connectivity index (χ0) is 18.0. The zero-order valence-electron chi connectivity index (χ0n) is 14.5. The Bertz CT molecular complexity index is 913. The first-order valence-corrected chi connectivity index (χ1v) is 8.09. The summed E-state index contributed by atoms with van der Waals surface area (Å²) in [4.78, 5) is 12.1. The van der Waals surface area contributed by atoms with Crippen LogP contribution >= 0.6 is 0 Å². The molecule has 1 heterocycles. The smallest absolute Gasteiger partial charge is 0.255 e. The third-order valence-corrected chi connectivity index (χ3v) is 4.34. The highest BCUT2D eigenvalue weighted by molar-refractivity contribution is 6.04. The number of aromatic nitrogens is 2. The van der Waals surface area contributed by atoms with Crippen molar-refractivity contribution in [1.82, 2.24) is 9.78 Å². The highest BCUT2D eigenvalue weighted by atomic mass is 19.1. The lowest BCUT2D eigenvalue weighted by Crippen LogP contribution is -2.12. The van der Waals surface area contributed by atoms with Gasteiger partial charge in [-0.25, -0.2) is 4.39 Å². The van der Waals surface area contributed by atoms with Crippen molar-refractivity contribution in [2.45, 2.75) is 20.3 Å². The van der Waals surface area contributed by atoms with E-state index in [2.05, 4.69) is 17.3 Å². The molecule has 0 aliphatic heterocycles. The van der Waals surface area contributed by atoms with Gasteiger partial charge in [-0.15, -0.1) is 0 Å². The minimum Gasteiger partial charge on any atom is -0.322 e. The number of amides is 1. The number of carbonyl (C=O) groups excluding carboxylic acids is 1. The molecule has 0 saturated carbocycles. The van der Waals surface area contributed by atoms with E-state index >= 15 is 0 Å². The Hall–Kier alpha value is -2.95. The molecule has 0 aliphatic rings. The van der Waals surface area contributed by atoms with Crippen LogP contribution in [0.1, 0.15) is 32.9 Å². The van der Waals surface area contributed by atoms with Crippen LogP contribution in [0, 0.1) is 19.7 Å². The van der Waals surface area contributed by atoms with E-state index in [4.69, 9.17) is 0 Å². The summed E-state index contributed by atoms with van der Waals surface area (Å²) in [6.07, 6.45) is 0.795. The van der Waals surface area contributed by atoms with Crippen LogP contribution in [0.25, 0.3) is 0 Å². The molecule has 0 spiro atoms. The van der Waals surface area contributed by atoms with Crippen LogP contribution in [0.5, 0.6) is 0 Å². The summed E-state index contributed by atoms with van der Waals surface area (Å²) >= 11 is 0. The van der Waals surface area contributed by atoms with Crippen molar-refractivity contribution < 1.29 is 9.18 Å². The molecule has 0 unspecified atom stereocenters. The van der Waals surface area contributed by atoms with E-state index in [-0.39, 0.29) is 5.91 Å². The Balaban J connectivity index is 1.71. The van der Waals surface area contributed by atoms with Crippen LogP contribution in [0.15, 0.2) is 48.5 Å². The standard InChI is InChI=1S/C20H20FN3O/c1-13-19(14(2)24(3)23-13)11-15-7-9-18(10-8-15)22-20(25)16-5-4-6-17(21)12-16/h4-10,12H,11H2,1-3H3,(H,22,25). The van der Waals surface area contributed by atoms with Gasteiger partial charge in [0.15, 0.2) is 0 Å². The number of hydrogen-bond acceptors (Lipinski definition) is 2. The molecule has 0 aliphatic carbocycles. The van der Waals surface area contributed by atoms with E-state index < -0.39 is 5.82 Å². The number of anilines is 1. The van der Waals surface area contributed by atoms with E-state index in [1.165, 1.54) is 23.8 Å². The minimum absolute atomic E-state index is 0.297. The topological polar surface area (TPSA) is 46.9 Å². The fraction of sp³-hybridized carbons (Fsp3) is 0.200. The summed E-state index contributed by atoms with van der Waals surface area (Å²) < 4.78 is 15.1. The number of rotatable bonds is 4. The maximum absolute atomic E-state index is 13.2. The molecule has 0 radical (unpaired) electrons. The van der Waals surface area contributed by atoms with Crippen LogP contribution in [0.2, 0.25) is 0 Å². The van der Waals surface area contributed by atoms with Crippen LogP contribution in [0.3, 0.4) is 0 Å². The van der Waals surface area contributed by atoms with Crippen molar-refractivity contribution in [3.63, 3.8) is 0 Å². The molecule has 25 heavy (non-hydrogen) atoms. The fourth-order valence-electron chi connectivity index (χ4n) is 2.82. The largest absolute Gasteiger partial charge is 0.322 e. The number of hydrogen-bond donors (Lipinski definition) is 1. The SMILES string of the molecule is Cc1nn(C)c(C)c1Cc1ccc(NC(=O)c2cccc(F)c2)cc1. The van der Waals surface area contributed by atoms with Crippen molar-refractivity contribution in [3.05, 3.63) is 82.4 Å². The first-order chi connectivity index (χ1) is 11.9. The van der Waals surface area contributed by atoms with Crippen molar-refractivity contribution in [2.75, 3.05) is 5.32 Å². The predicted octanol–water partition coefficient (Wildman–Crippen LogP) is 4.02. The van der Waals surface area contributed by atoms with Crippen molar-refractivity contribution in [2.24, 2.45) is 7.05 Å². The van der Waals surface area contributed by atoms with E-state index in [1.807, 2.05) is 42.9 Å². The molecule has 0 fully saturated rings. The molecule has 0 bridgehead atoms. The van der Waals surface area contributed by atoms with Crippen LogP contribution < -0.4 is 5.32 Å². The third-order valence-electron chi connectivity index (χ3n) is 4.34. The lowest BCUT2D eigenvalue weighted by atomic mass is 10.0. The van der Waals surface area contributed by atoms with Gasteiger partial charge in [-0.1, -0.05) is 18.2 Å². The molecule has 1 amide bonds. The number of aryl methyl sites for hydroxylation is 2. The second-order valence-electron chi connectivity index (χ2n) is 6.11. The van der Waals surface area contributed by atoms with Crippen LogP contribution in [-0.4, -0.2) is 15.7 Å². The van der Waals surface area contributed by atoms with E-state index in [0.717, 1.165) is 23.4 Å². The highest BCUT2D eigenvalue weighted by Gasteiger charge is 2.11. The second kappa shape index (κ2) is 6.89. The van der Waals surface area contributed by atoms with Gasteiger partial charge in [0.2, 0.25) is 0 Å². The Kier molecular flexibility index (Phi) is 4.65. The van der Waals surface area contributed by atoms with Crippen molar-refractivity contribution in [1.29, 1.82) is 0 Å². The van der Waals surface area contributed by atoms with Gasteiger partial charge in [0.05, 0.1) is 5.69 Å². The summed E-state index contributed by atoms with van der Waals surface area (Å²) in [5.74, 6) is -0.753. The average Bonchev–Trinajstić information content (AvgIpc) is 2.83. The third kappa shape index (κ3) is 3.76. The van der Waals surface area contributed by atoms with Crippen molar-refractivity contribution in [3.8, 4) is 0 Å². The number of nitrogens with one attached hydrogen (secondary N) is 1. The molecule has 128 valence electrons. The van der Waals surface area contributed by atoms with E-state index in [9.17, 15) is 9.18 Å². The Morgan fingerprint density at radius 3 is 2.48 bits per heavy atom. The molecule has 0 saturated heterocycles. The first kappa shape index (κ1) is 16.9. The number of carbonyl (C=O) groups is 1. The van der Waals surface area contributed by atoms with Gasteiger partial charge in [-0.2, -0.15) is 5.10 Å². The number of nitrogens with zero attached hydrogens (tertiary/aromatic N) is 2. The van der Waals surface area contributed by atoms with Gasteiger partial charge >= 0.3 is 0 Å². The summed E-state index contributed by atoms with van der Waals surface area (Å²) in [6.45, 7) is 4.07. The predicted molar refractivity (Wildman–Crippen MR) is 96.3 cm³/mol. The number of benzene rings is 2. The summed E-state index contributed by atoms with van der Waals surface area (Å²) in [5, 5.41) is 7.21. The lowest BCUT2D eigenvalue weighted by Gasteiger charge is -2.07. The molecule has 2 aromatic carbocycles. The van der Waals surface area contributed by atoms with Gasteiger partial charge in [0, 0.05) is 36.0 Å². The molecular weight excluding hydrogens is 317 g/mol. The van der Waals surface area contributed by atoms with Crippen molar-refractivity contribution >= 4 is 11.6 Å². The molecule has 4 nitrogen and oxygen atoms in total. The molecule has 3 aromatic rings. The molecule has 1 aromatic heterocycles. The van der Waals surface area contributed by atoms with Gasteiger partial charge < -0.3 is 5.32 Å². The molecule has 5 heteroatoms. The second-order valence-corrected chi connectivity index (χ2v) is 6.11. The van der Waals surface area contributed by atoms with Gasteiger partial charge in [0.25, 0.3) is 5.91 Å². The monoisotopic (exact) mass is 337 g/mol. The fourth-order valence-corrected chi connectivity index (χ4v) is 2.82. The van der Waals surface area contributed by atoms with Crippen LogP contribution in [0.4, 0.5) is 10.1 Å². The van der Waals surface area contributed by atoms with E-state index in [0.29, 0.717) is 11.3 Å². The highest BCUT2D eigenvalue weighted by Crippen LogP contribution is 2.19. The summed E-state index contributed by atoms with van der Waals surface area (Å²) in [6, 6.07) is 13.3. The first-order valence-electron chi connectivity index (χ1n) is 8.09. The van der Waals surface area contributed by atoms with Gasteiger partial charge in [-0.05, 0) is 49.7 Å². The summed E-state index contributed by atoms with van der Waals surface area (Å²) in [7, 11) is 1.94. The Labute approximate surface area is 146 Å². The number of halogens is 1. The molecule has 3 rings (SSSR count). The summed E-state index contributed by atoms with van der Waals surface area (Å²) in [5.41, 5.74) is 5.52. The average molecular weight is 337 g/mol. The van der Waals surface area contributed by atoms with E-state index in [1.54, 1.807) is 6.07 Å². The normalized spacial score (nSPS) is 10.7.